The van der Waals surface area contributed by atoms with Crippen LogP contribution in [0.15, 0.2) is 55.2 Å². The maximum absolute atomic E-state index is 13.4. The fourth-order valence-corrected chi connectivity index (χ4v) is 7.47. The van der Waals surface area contributed by atoms with Crippen LogP contribution >= 0.6 is 18.7 Å². The third-order valence-electron chi connectivity index (χ3n) is 8.27. The highest BCUT2D eigenvalue weighted by Gasteiger charge is 2.26. The van der Waals surface area contributed by atoms with Gasteiger partial charge in [0.05, 0.1) is 41.7 Å². The number of hydrogen-bond acceptors (Lipinski definition) is 11. The molecule has 1 fully saturated rings. The summed E-state index contributed by atoms with van der Waals surface area (Å²) in [5, 5.41) is 11.9. The Balaban J connectivity index is 1.36. The van der Waals surface area contributed by atoms with Gasteiger partial charge in [0.25, 0.3) is 0 Å². The smallest absolute Gasteiger partial charge is 0.229 e. The maximum Gasteiger partial charge on any atom is 0.229 e. The van der Waals surface area contributed by atoms with E-state index in [-0.39, 0.29) is 0 Å². The molecule has 0 amide bonds. The van der Waals surface area contributed by atoms with E-state index in [1.807, 2.05) is 31.6 Å². The van der Waals surface area contributed by atoms with Crippen LogP contribution in [0.2, 0.25) is 5.02 Å². The van der Waals surface area contributed by atoms with Crippen molar-refractivity contribution in [3.8, 4) is 16.9 Å². The van der Waals surface area contributed by atoms with Gasteiger partial charge >= 0.3 is 0 Å². The second kappa shape index (κ2) is 12.9. The number of aromatic nitrogens is 6. The second-order valence-corrected chi connectivity index (χ2v) is 15.6. The fraction of sp³-hybridized carbons (Fsp3) is 0.344. The first kappa shape index (κ1) is 31.7. The zero-order valence-corrected chi connectivity index (χ0v) is 28.5. The van der Waals surface area contributed by atoms with Gasteiger partial charge in [0, 0.05) is 67.7 Å². The van der Waals surface area contributed by atoms with E-state index in [2.05, 4.69) is 66.7 Å². The van der Waals surface area contributed by atoms with Crippen molar-refractivity contribution in [3.63, 3.8) is 0 Å². The van der Waals surface area contributed by atoms with E-state index in [0.717, 1.165) is 42.7 Å². The first-order valence-corrected chi connectivity index (χ1v) is 18.0. The quantitative estimate of drug-likeness (QED) is 0.188. The molecule has 0 radical (unpaired) electrons. The summed E-state index contributed by atoms with van der Waals surface area (Å²) in [6, 6.07) is 8.33. The van der Waals surface area contributed by atoms with Gasteiger partial charge in [0.2, 0.25) is 5.95 Å². The number of ether oxygens (including phenoxy) is 1. The standard InChI is InChI=1S/C32H38ClN10O2P/c1-41(2)21-9-13-43(14-10-21)27-16-28(45-4)26(15-22(27)20-17-37-42(3)19-20)39-32-36-18-23(33)31(40-32)38-25-8-7-24-29(35-12-11-34-24)30(25)46(5,6)44/h7-8,11-12,15-19,21H,9-10,13-14H2,1-6H3,(H2,36,38,39,40). The van der Waals surface area contributed by atoms with E-state index in [1.54, 1.807) is 37.5 Å². The molecular weight excluding hydrogens is 623 g/mol. The van der Waals surface area contributed by atoms with Gasteiger partial charge in [0.15, 0.2) is 5.82 Å². The normalized spacial score (nSPS) is 14.2. The molecule has 240 valence electrons. The number of methoxy groups -OCH3 is 1. The number of halogens is 1. The van der Waals surface area contributed by atoms with Gasteiger partial charge in [-0.25, -0.2) is 4.98 Å². The Morgan fingerprint density at radius 3 is 2.46 bits per heavy atom. The molecule has 0 atom stereocenters. The van der Waals surface area contributed by atoms with E-state index in [4.69, 9.17) is 21.3 Å². The molecule has 1 saturated heterocycles. The number of hydrogen-bond donors (Lipinski definition) is 2. The summed E-state index contributed by atoms with van der Waals surface area (Å²) in [4.78, 5) is 22.7. The lowest BCUT2D eigenvalue weighted by molar-refractivity contribution is 0.249. The lowest BCUT2D eigenvalue weighted by Crippen LogP contribution is -2.42. The topological polar surface area (TPSA) is 126 Å². The minimum atomic E-state index is -2.79. The third kappa shape index (κ3) is 6.51. The number of benzene rings is 2. The Morgan fingerprint density at radius 2 is 1.78 bits per heavy atom. The minimum Gasteiger partial charge on any atom is -0.494 e. The Morgan fingerprint density at radius 1 is 1.02 bits per heavy atom. The predicted molar refractivity (Wildman–Crippen MR) is 186 cm³/mol. The minimum absolute atomic E-state index is 0.303. The highest BCUT2D eigenvalue weighted by atomic mass is 35.5. The molecule has 14 heteroatoms. The molecule has 2 aromatic carbocycles. The van der Waals surface area contributed by atoms with E-state index < -0.39 is 7.14 Å². The molecule has 12 nitrogen and oxygen atoms in total. The maximum atomic E-state index is 13.4. The first-order chi connectivity index (χ1) is 22.0. The van der Waals surface area contributed by atoms with E-state index >= 15 is 0 Å². The van der Waals surface area contributed by atoms with Gasteiger partial charge in [-0.15, -0.1) is 0 Å². The summed E-state index contributed by atoms with van der Waals surface area (Å²) in [6.07, 6.45) is 10.8. The molecule has 0 saturated carbocycles. The van der Waals surface area contributed by atoms with Crippen molar-refractivity contribution in [2.75, 3.05) is 63.2 Å². The van der Waals surface area contributed by atoms with E-state index in [0.29, 0.717) is 56.3 Å². The molecule has 3 aromatic heterocycles. The van der Waals surface area contributed by atoms with Crippen LogP contribution in [0.5, 0.6) is 5.75 Å². The molecule has 6 rings (SSSR count). The Bertz CT molecular complexity index is 1930. The number of fused-ring (bicyclic) bond motifs is 1. The van der Waals surface area contributed by atoms with E-state index in [9.17, 15) is 4.57 Å². The van der Waals surface area contributed by atoms with Crippen LogP contribution in [0.4, 0.5) is 28.8 Å². The van der Waals surface area contributed by atoms with Gasteiger partial charge in [-0.3, -0.25) is 14.6 Å². The van der Waals surface area contributed by atoms with Gasteiger partial charge in [0.1, 0.15) is 23.4 Å². The van der Waals surface area contributed by atoms with Gasteiger partial charge in [-0.05, 0) is 58.5 Å². The van der Waals surface area contributed by atoms with Crippen molar-refractivity contribution in [1.82, 2.24) is 34.6 Å². The highest BCUT2D eigenvalue weighted by Crippen LogP contribution is 2.43. The molecule has 0 spiro atoms. The fourth-order valence-electron chi connectivity index (χ4n) is 5.94. The average Bonchev–Trinajstić information content (AvgIpc) is 3.47. The van der Waals surface area contributed by atoms with E-state index in [1.165, 1.54) is 6.20 Å². The molecule has 0 unspecified atom stereocenters. The van der Waals surface area contributed by atoms with Crippen LogP contribution < -0.4 is 25.6 Å². The van der Waals surface area contributed by atoms with Crippen molar-refractivity contribution in [2.24, 2.45) is 7.05 Å². The highest BCUT2D eigenvalue weighted by molar-refractivity contribution is 7.71. The Kier molecular flexibility index (Phi) is 8.87. The summed E-state index contributed by atoms with van der Waals surface area (Å²) in [5.74, 6) is 1.31. The van der Waals surface area contributed by atoms with Crippen LogP contribution in [-0.4, -0.2) is 88.3 Å². The van der Waals surface area contributed by atoms with Crippen molar-refractivity contribution in [2.45, 2.75) is 18.9 Å². The predicted octanol–water partition coefficient (Wildman–Crippen LogP) is 5.75. The van der Waals surface area contributed by atoms with Gasteiger partial charge < -0.3 is 29.7 Å². The summed E-state index contributed by atoms with van der Waals surface area (Å²) >= 11 is 6.58. The number of piperidine rings is 1. The van der Waals surface area contributed by atoms with Crippen LogP contribution in [0.1, 0.15) is 12.8 Å². The lowest BCUT2D eigenvalue weighted by atomic mass is 9.99. The molecule has 1 aliphatic rings. The SMILES string of the molecule is COc1cc(N2CCC(N(C)C)CC2)c(-c2cnn(C)c2)cc1Nc1ncc(Cl)c(Nc2ccc3nccnc3c2P(C)(C)=O)n1. The monoisotopic (exact) mass is 660 g/mol. The first-order valence-electron chi connectivity index (χ1n) is 15.0. The van der Waals surface area contributed by atoms with Crippen LogP contribution in [0.25, 0.3) is 22.2 Å². The average molecular weight is 661 g/mol. The van der Waals surface area contributed by atoms with Gasteiger partial charge in [-0.1, -0.05) is 11.6 Å². The summed E-state index contributed by atoms with van der Waals surface area (Å²) < 4.78 is 21.1. The molecule has 0 aliphatic carbocycles. The number of rotatable bonds is 9. The number of aryl methyl sites for hydroxylation is 1. The molecule has 2 N–H and O–H groups in total. The molecular formula is C32H38ClN10O2P. The zero-order chi connectivity index (χ0) is 32.6. The van der Waals surface area contributed by atoms with Crippen molar-refractivity contribution in [3.05, 3.63) is 60.3 Å². The summed E-state index contributed by atoms with van der Waals surface area (Å²) in [6.45, 7) is 5.28. The second-order valence-electron chi connectivity index (χ2n) is 12.0. The molecule has 0 bridgehead atoms. The van der Waals surface area contributed by atoms with Crippen molar-refractivity contribution in [1.29, 1.82) is 0 Å². The molecule has 4 heterocycles. The molecule has 5 aromatic rings. The molecule has 46 heavy (non-hydrogen) atoms. The largest absolute Gasteiger partial charge is 0.494 e. The molecule has 1 aliphatic heterocycles. The van der Waals surface area contributed by atoms with Crippen molar-refractivity contribution < 1.29 is 9.30 Å². The number of nitrogens with one attached hydrogen (secondary N) is 2. The van der Waals surface area contributed by atoms with Crippen LogP contribution in [0, 0.1) is 0 Å². The number of anilines is 5. The lowest BCUT2D eigenvalue weighted by Gasteiger charge is -2.37. The third-order valence-corrected chi connectivity index (χ3v) is 10.1. The Hall–Kier alpha value is -4.25. The Labute approximate surface area is 273 Å². The summed E-state index contributed by atoms with van der Waals surface area (Å²) in [5.41, 5.74) is 5.61. The summed E-state index contributed by atoms with van der Waals surface area (Å²) in [7, 11) is 5.07. The van der Waals surface area contributed by atoms with Crippen molar-refractivity contribution >= 4 is 63.9 Å². The van der Waals surface area contributed by atoms with Gasteiger partial charge in [-0.2, -0.15) is 10.1 Å². The van der Waals surface area contributed by atoms with Crippen LogP contribution in [0.3, 0.4) is 0 Å². The van der Waals surface area contributed by atoms with Crippen LogP contribution in [-0.2, 0) is 11.6 Å². The number of nitrogens with zero attached hydrogens (tertiary/aromatic N) is 8. The zero-order valence-electron chi connectivity index (χ0n) is 26.8.